The number of carbonyl (C=O) groups is 1. The number of amides is 1. The molecule has 108 valence electrons. The van der Waals surface area contributed by atoms with Crippen molar-refractivity contribution in [2.75, 3.05) is 27.2 Å². The van der Waals surface area contributed by atoms with Crippen LogP contribution < -0.4 is 5.32 Å². The van der Waals surface area contributed by atoms with Gasteiger partial charge >= 0.3 is 0 Å². The summed E-state index contributed by atoms with van der Waals surface area (Å²) in [5.41, 5.74) is 2.26. The van der Waals surface area contributed by atoms with Crippen LogP contribution in [0.1, 0.15) is 20.9 Å². The zero-order valence-electron chi connectivity index (χ0n) is 12.3. The predicted octanol–water partition coefficient (Wildman–Crippen LogP) is 1.88. The second kappa shape index (κ2) is 8.51. The van der Waals surface area contributed by atoms with Crippen molar-refractivity contribution in [3.8, 4) is 6.07 Å². The smallest absolute Gasteiger partial charge is 0.207 e. The van der Waals surface area contributed by atoms with Crippen molar-refractivity contribution < 1.29 is 4.79 Å². The van der Waals surface area contributed by atoms with Gasteiger partial charge < -0.3 is 10.2 Å². The quantitative estimate of drug-likeness (QED) is 0.452. The number of rotatable bonds is 8. The first-order valence-electron chi connectivity index (χ1n) is 6.58. The Morgan fingerprint density at radius 2 is 2.15 bits per heavy atom. The molecule has 0 bridgehead atoms. The van der Waals surface area contributed by atoms with Crippen LogP contribution in [0.25, 0.3) is 0 Å². The highest BCUT2D eigenvalue weighted by Crippen LogP contribution is 2.28. The van der Waals surface area contributed by atoms with Crippen molar-refractivity contribution in [1.82, 2.24) is 10.2 Å². The maximum atomic E-state index is 10.3. The normalized spacial score (nSPS) is 10.9. The van der Waals surface area contributed by atoms with Crippen molar-refractivity contribution >= 4 is 17.7 Å². The number of nitrogens with zero attached hydrogens (tertiary/aromatic N) is 2. The van der Waals surface area contributed by atoms with E-state index in [2.05, 4.69) is 28.4 Å². The molecule has 1 rings (SSSR count). The van der Waals surface area contributed by atoms with E-state index in [1.807, 2.05) is 21.0 Å². The Hall–Kier alpha value is -1.64. The molecule has 0 aliphatic rings. The lowest BCUT2D eigenvalue weighted by Gasteiger charge is -2.05. The van der Waals surface area contributed by atoms with Gasteiger partial charge in [-0.15, -0.1) is 11.3 Å². The van der Waals surface area contributed by atoms with Gasteiger partial charge in [0.1, 0.15) is 10.9 Å². The van der Waals surface area contributed by atoms with Crippen LogP contribution in [-0.2, 0) is 17.6 Å². The standard InChI is InChI=1S/C15H21N3OS/c1-12-13(7-8-17-11-19)14(20-15(12)10-16)6-4-5-9-18(2)3/h4-5,11H,6-9H2,1-3H3,(H,17,19)/b5-4+. The molecule has 0 saturated carbocycles. The van der Waals surface area contributed by atoms with Crippen molar-refractivity contribution in [1.29, 1.82) is 5.26 Å². The number of hydrogen-bond donors (Lipinski definition) is 1. The first-order valence-corrected chi connectivity index (χ1v) is 7.39. The molecule has 5 heteroatoms. The number of nitrogens with one attached hydrogen (secondary N) is 1. The molecule has 1 aromatic rings. The summed E-state index contributed by atoms with van der Waals surface area (Å²) in [4.78, 5) is 14.4. The van der Waals surface area contributed by atoms with Gasteiger partial charge in [0, 0.05) is 24.4 Å². The molecule has 4 nitrogen and oxygen atoms in total. The van der Waals surface area contributed by atoms with Gasteiger partial charge in [-0.1, -0.05) is 12.2 Å². The van der Waals surface area contributed by atoms with E-state index in [1.165, 1.54) is 10.4 Å². The summed E-state index contributed by atoms with van der Waals surface area (Å²) in [7, 11) is 4.06. The minimum atomic E-state index is 0.611. The lowest BCUT2D eigenvalue weighted by Crippen LogP contribution is -2.15. The maximum absolute atomic E-state index is 10.3. The van der Waals surface area contributed by atoms with Gasteiger partial charge in [-0.05, 0) is 38.6 Å². The highest BCUT2D eigenvalue weighted by Gasteiger charge is 2.13. The fourth-order valence-electron chi connectivity index (χ4n) is 1.94. The van der Waals surface area contributed by atoms with Crippen LogP contribution >= 0.6 is 11.3 Å². The van der Waals surface area contributed by atoms with E-state index in [0.717, 1.165) is 29.8 Å². The Kier molecular flexibility index (Phi) is 6.99. The number of hydrogen-bond acceptors (Lipinski definition) is 4. The summed E-state index contributed by atoms with van der Waals surface area (Å²) >= 11 is 1.56. The second-order valence-corrected chi connectivity index (χ2v) is 5.93. The first-order chi connectivity index (χ1) is 9.60. The average Bonchev–Trinajstić information content (AvgIpc) is 2.72. The van der Waals surface area contributed by atoms with Crippen molar-refractivity contribution in [3.63, 3.8) is 0 Å². The summed E-state index contributed by atoms with van der Waals surface area (Å²) in [6, 6.07) is 2.25. The number of nitriles is 1. The molecule has 0 aliphatic carbocycles. The zero-order chi connectivity index (χ0) is 15.0. The molecule has 1 aromatic heterocycles. The third-order valence-corrected chi connectivity index (χ3v) is 4.26. The van der Waals surface area contributed by atoms with E-state index >= 15 is 0 Å². The molecule has 20 heavy (non-hydrogen) atoms. The van der Waals surface area contributed by atoms with Gasteiger partial charge in [0.25, 0.3) is 0 Å². The lowest BCUT2D eigenvalue weighted by atomic mass is 10.1. The van der Waals surface area contributed by atoms with Gasteiger partial charge in [0.15, 0.2) is 0 Å². The summed E-state index contributed by atoms with van der Waals surface area (Å²) in [5.74, 6) is 0. The molecule has 1 heterocycles. The Labute approximate surface area is 124 Å². The van der Waals surface area contributed by atoms with E-state index in [1.54, 1.807) is 11.3 Å². The molecular formula is C15H21N3OS. The molecule has 0 fully saturated rings. The van der Waals surface area contributed by atoms with Crippen LogP contribution in [0.4, 0.5) is 0 Å². The van der Waals surface area contributed by atoms with Crippen LogP contribution in [0.3, 0.4) is 0 Å². The topological polar surface area (TPSA) is 56.1 Å². The third-order valence-electron chi connectivity index (χ3n) is 3.00. The van der Waals surface area contributed by atoms with Crippen molar-refractivity contribution in [3.05, 3.63) is 33.0 Å². The maximum Gasteiger partial charge on any atom is 0.207 e. The van der Waals surface area contributed by atoms with E-state index in [9.17, 15) is 4.79 Å². The monoisotopic (exact) mass is 291 g/mol. The molecule has 0 spiro atoms. The van der Waals surface area contributed by atoms with Crippen LogP contribution in [0.2, 0.25) is 0 Å². The Balaban J connectivity index is 2.79. The molecule has 0 radical (unpaired) electrons. The van der Waals surface area contributed by atoms with E-state index in [-0.39, 0.29) is 0 Å². The van der Waals surface area contributed by atoms with Crippen LogP contribution in [-0.4, -0.2) is 38.5 Å². The highest BCUT2D eigenvalue weighted by molar-refractivity contribution is 7.12. The predicted molar refractivity (Wildman–Crippen MR) is 82.9 cm³/mol. The molecule has 1 amide bonds. The number of likely N-dealkylation sites (N-methyl/N-ethyl adjacent to an activating group) is 1. The highest BCUT2D eigenvalue weighted by atomic mass is 32.1. The summed E-state index contributed by atoms with van der Waals surface area (Å²) in [6.07, 6.45) is 6.61. The molecule has 0 unspecified atom stereocenters. The first kappa shape index (κ1) is 16.4. The average molecular weight is 291 g/mol. The summed E-state index contributed by atoms with van der Waals surface area (Å²) in [6.45, 7) is 3.51. The molecule has 0 atom stereocenters. The van der Waals surface area contributed by atoms with Gasteiger partial charge in [-0.25, -0.2) is 0 Å². The van der Waals surface area contributed by atoms with Crippen LogP contribution in [0.5, 0.6) is 0 Å². The SMILES string of the molecule is Cc1c(C#N)sc(C/C=C/CN(C)C)c1CCNC=O. The van der Waals surface area contributed by atoms with Gasteiger partial charge in [-0.3, -0.25) is 4.79 Å². The number of thiophene rings is 1. The van der Waals surface area contributed by atoms with Crippen LogP contribution in [0, 0.1) is 18.3 Å². The molecule has 0 saturated heterocycles. The van der Waals surface area contributed by atoms with E-state index < -0.39 is 0 Å². The van der Waals surface area contributed by atoms with Crippen molar-refractivity contribution in [2.24, 2.45) is 0 Å². The largest absolute Gasteiger partial charge is 0.358 e. The van der Waals surface area contributed by atoms with Crippen molar-refractivity contribution in [2.45, 2.75) is 19.8 Å². The molecule has 1 N–H and O–H groups in total. The summed E-state index contributed by atoms with van der Waals surface area (Å²) in [5, 5.41) is 11.8. The zero-order valence-corrected chi connectivity index (χ0v) is 13.1. The Morgan fingerprint density at radius 1 is 1.40 bits per heavy atom. The Bertz CT molecular complexity index is 512. The number of allylic oxidation sites excluding steroid dienone is 1. The Morgan fingerprint density at radius 3 is 2.75 bits per heavy atom. The van der Waals surface area contributed by atoms with Gasteiger partial charge in [-0.2, -0.15) is 5.26 Å². The second-order valence-electron chi connectivity index (χ2n) is 4.83. The minimum absolute atomic E-state index is 0.611. The molecular weight excluding hydrogens is 270 g/mol. The third kappa shape index (κ3) is 4.80. The number of carbonyl (C=O) groups excluding carboxylic acids is 1. The molecule has 0 aromatic carbocycles. The van der Waals surface area contributed by atoms with E-state index in [0.29, 0.717) is 13.0 Å². The van der Waals surface area contributed by atoms with Gasteiger partial charge in [0.05, 0.1) is 0 Å². The summed E-state index contributed by atoms with van der Waals surface area (Å²) < 4.78 is 0. The fraction of sp³-hybridized carbons (Fsp3) is 0.467. The van der Waals surface area contributed by atoms with Gasteiger partial charge in [0.2, 0.25) is 6.41 Å². The fourth-order valence-corrected chi connectivity index (χ4v) is 3.06. The van der Waals surface area contributed by atoms with Crippen LogP contribution in [0.15, 0.2) is 12.2 Å². The minimum Gasteiger partial charge on any atom is -0.358 e. The molecule has 0 aliphatic heterocycles. The van der Waals surface area contributed by atoms with E-state index in [4.69, 9.17) is 5.26 Å². The lowest BCUT2D eigenvalue weighted by molar-refractivity contribution is -0.109.